The highest BCUT2D eigenvalue weighted by molar-refractivity contribution is 6.30. The fourth-order valence-corrected chi connectivity index (χ4v) is 4.82. The Morgan fingerprint density at radius 3 is 2.41 bits per heavy atom. The van der Waals surface area contributed by atoms with Gasteiger partial charge in [-0.1, -0.05) is 54.4 Å². The Hall–Kier alpha value is -1.86. The summed E-state index contributed by atoms with van der Waals surface area (Å²) in [6.07, 6.45) is 7.18. The first-order chi connectivity index (χ1) is 13.1. The fourth-order valence-electron chi connectivity index (χ4n) is 4.70. The van der Waals surface area contributed by atoms with Crippen LogP contribution in [0, 0.1) is 6.92 Å². The fraction of sp³-hybridized carbons (Fsp3) is 0.400. The van der Waals surface area contributed by atoms with Gasteiger partial charge in [-0.15, -0.1) is 0 Å². The molecule has 1 nitrogen and oxygen atoms in total. The molecule has 1 fully saturated rings. The number of aryl methyl sites for hydroxylation is 1. The van der Waals surface area contributed by atoms with Crippen LogP contribution in [0.25, 0.3) is 5.57 Å². The molecule has 0 amide bonds. The quantitative estimate of drug-likeness (QED) is 0.517. The largest absolute Gasteiger partial charge is 0.286 e. The van der Waals surface area contributed by atoms with E-state index in [9.17, 15) is 0 Å². The molecule has 0 N–H and O–H groups in total. The zero-order chi connectivity index (χ0) is 18.8. The van der Waals surface area contributed by atoms with Crippen LogP contribution < -0.4 is 0 Å². The number of nitrogens with zero attached hydrogens (tertiary/aromatic N) is 1. The molecule has 27 heavy (non-hydrogen) atoms. The van der Waals surface area contributed by atoms with E-state index >= 15 is 0 Å². The van der Waals surface area contributed by atoms with E-state index in [0.717, 1.165) is 24.3 Å². The lowest BCUT2D eigenvalue weighted by Crippen LogP contribution is -2.15. The molecule has 0 saturated heterocycles. The van der Waals surface area contributed by atoms with Crippen LogP contribution in [0.15, 0.2) is 59.1 Å². The average molecular weight is 378 g/mol. The second-order valence-corrected chi connectivity index (χ2v) is 8.44. The highest BCUT2D eigenvalue weighted by Gasteiger charge is 2.29. The summed E-state index contributed by atoms with van der Waals surface area (Å²) in [4.78, 5) is 5.28. The first kappa shape index (κ1) is 18.5. The molecular formula is C25H28ClN. The predicted octanol–water partition coefficient (Wildman–Crippen LogP) is 7.38. The zero-order valence-corrected chi connectivity index (χ0v) is 17.1. The van der Waals surface area contributed by atoms with Gasteiger partial charge >= 0.3 is 0 Å². The molecular weight excluding hydrogens is 350 g/mol. The van der Waals surface area contributed by atoms with Gasteiger partial charge < -0.3 is 0 Å². The van der Waals surface area contributed by atoms with Crippen molar-refractivity contribution in [2.45, 2.75) is 64.3 Å². The SMILES string of the molecule is Cc1ccccc1C1CC(c2ccc(Cl)cc2)=C2CCCCCC2=NC1C. The molecule has 2 atom stereocenters. The first-order valence-electron chi connectivity index (χ1n) is 10.2. The molecule has 2 aromatic carbocycles. The summed E-state index contributed by atoms with van der Waals surface area (Å²) in [5.41, 5.74) is 8.50. The second kappa shape index (κ2) is 8.02. The summed E-state index contributed by atoms with van der Waals surface area (Å²) in [7, 11) is 0. The van der Waals surface area contributed by atoms with Crippen molar-refractivity contribution in [1.29, 1.82) is 0 Å². The van der Waals surface area contributed by atoms with E-state index in [0.29, 0.717) is 12.0 Å². The minimum absolute atomic E-state index is 0.305. The molecule has 0 aromatic heterocycles. The van der Waals surface area contributed by atoms with E-state index in [1.807, 2.05) is 12.1 Å². The number of hydrogen-bond acceptors (Lipinski definition) is 1. The Bertz CT molecular complexity index is 875. The molecule has 1 heterocycles. The summed E-state index contributed by atoms with van der Waals surface area (Å²) in [5, 5.41) is 0.802. The molecule has 140 valence electrons. The number of halogens is 1. The van der Waals surface area contributed by atoms with Crippen LogP contribution in [0.3, 0.4) is 0 Å². The van der Waals surface area contributed by atoms with Gasteiger partial charge in [0.05, 0.1) is 6.04 Å². The van der Waals surface area contributed by atoms with Crippen LogP contribution in [-0.2, 0) is 0 Å². The van der Waals surface area contributed by atoms with Crippen molar-refractivity contribution in [3.8, 4) is 0 Å². The molecule has 2 aromatic rings. The smallest absolute Gasteiger partial charge is 0.0546 e. The van der Waals surface area contributed by atoms with Gasteiger partial charge in [0.15, 0.2) is 0 Å². The van der Waals surface area contributed by atoms with Crippen LogP contribution >= 0.6 is 11.6 Å². The zero-order valence-electron chi connectivity index (χ0n) is 16.3. The third kappa shape index (κ3) is 3.89. The number of aliphatic imine (C=N–C) groups is 1. The molecule has 2 heteroatoms. The number of fused-ring (bicyclic) bond motifs is 1. The van der Waals surface area contributed by atoms with E-state index in [1.54, 1.807) is 0 Å². The first-order valence-corrected chi connectivity index (χ1v) is 10.6. The Balaban J connectivity index is 1.85. The third-order valence-electron chi connectivity index (χ3n) is 6.20. The van der Waals surface area contributed by atoms with Crippen LogP contribution in [0.4, 0.5) is 0 Å². The lowest BCUT2D eigenvalue weighted by Gasteiger charge is -2.24. The molecule has 1 aliphatic carbocycles. The van der Waals surface area contributed by atoms with E-state index in [-0.39, 0.29) is 0 Å². The topological polar surface area (TPSA) is 12.4 Å². The minimum Gasteiger partial charge on any atom is -0.286 e. The van der Waals surface area contributed by atoms with Gasteiger partial charge in [0, 0.05) is 16.7 Å². The molecule has 2 unspecified atom stereocenters. The maximum Gasteiger partial charge on any atom is 0.0546 e. The van der Waals surface area contributed by atoms with Crippen molar-refractivity contribution in [3.05, 3.63) is 75.8 Å². The van der Waals surface area contributed by atoms with Crippen molar-refractivity contribution in [2.24, 2.45) is 4.99 Å². The summed E-state index contributed by atoms with van der Waals surface area (Å²) in [6, 6.07) is 17.6. The van der Waals surface area contributed by atoms with Crippen LogP contribution in [0.1, 0.15) is 68.1 Å². The van der Waals surface area contributed by atoms with Gasteiger partial charge in [0.25, 0.3) is 0 Å². The minimum atomic E-state index is 0.305. The molecule has 1 saturated carbocycles. The normalized spacial score (nSPS) is 23.3. The Kier molecular flexibility index (Phi) is 5.50. The van der Waals surface area contributed by atoms with Crippen LogP contribution in [-0.4, -0.2) is 11.8 Å². The summed E-state index contributed by atoms with van der Waals surface area (Å²) in [5.74, 6) is 0.420. The summed E-state index contributed by atoms with van der Waals surface area (Å²) >= 11 is 6.18. The molecule has 0 radical (unpaired) electrons. The van der Waals surface area contributed by atoms with Gasteiger partial charge in [-0.3, -0.25) is 4.99 Å². The number of benzene rings is 2. The molecule has 0 bridgehead atoms. The van der Waals surface area contributed by atoms with Crippen molar-refractivity contribution in [2.75, 3.05) is 0 Å². The van der Waals surface area contributed by atoms with Gasteiger partial charge in [-0.2, -0.15) is 0 Å². The van der Waals surface area contributed by atoms with Gasteiger partial charge in [-0.25, -0.2) is 0 Å². The highest BCUT2D eigenvalue weighted by Crippen LogP contribution is 2.41. The Morgan fingerprint density at radius 2 is 1.63 bits per heavy atom. The van der Waals surface area contributed by atoms with Crippen molar-refractivity contribution in [1.82, 2.24) is 0 Å². The molecule has 1 aliphatic heterocycles. The second-order valence-electron chi connectivity index (χ2n) is 8.01. The van der Waals surface area contributed by atoms with E-state index in [4.69, 9.17) is 16.6 Å². The predicted molar refractivity (Wildman–Crippen MR) is 117 cm³/mol. The maximum atomic E-state index is 6.18. The van der Waals surface area contributed by atoms with Crippen LogP contribution in [0.5, 0.6) is 0 Å². The molecule has 2 aliphatic rings. The van der Waals surface area contributed by atoms with Crippen molar-refractivity contribution >= 4 is 22.9 Å². The Labute approximate surface area is 168 Å². The standard InChI is InChI=1S/C25H28ClN/c1-17-8-6-7-9-21(17)23-16-24(19-12-14-20(26)15-13-19)22-10-4-3-5-11-25(22)27-18(23)2/h6-9,12-15,18,23H,3-5,10-11,16H2,1-2H3. The Morgan fingerprint density at radius 1 is 0.889 bits per heavy atom. The summed E-state index contributed by atoms with van der Waals surface area (Å²) in [6.45, 7) is 4.53. The van der Waals surface area contributed by atoms with Crippen LogP contribution in [0.2, 0.25) is 5.02 Å². The lowest BCUT2D eigenvalue weighted by atomic mass is 9.81. The van der Waals surface area contributed by atoms with E-state index in [1.165, 1.54) is 52.8 Å². The lowest BCUT2D eigenvalue weighted by molar-refractivity contribution is 0.581. The van der Waals surface area contributed by atoms with Gasteiger partial charge in [-0.05, 0) is 85.9 Å². The van der Waals surface area contributed by atoms with Gasteiger partial charge in [0.1, 0.15) is 0 Å². The van der Waals surface area contributed by atoms with Gasteiger partial charge in [0.2, 0.25) is 0 Å². The molecule has 0 spiro atoms. The maximum absolute atomic E-state index is 6.18. The summed E-state index contributed by atoms with van der Waals surface area (Å²) < 4.78 is 0. The average Bonchev–Trinajstić information content (AvgIpc) is 2.96. The van der Waals surface area contributed by atoms with E-state index in [2.05, 4.69) is 50.2 Å². The van der Waals surface area contributed by atoms with Crippen molar-refractivity contribution in [3.63, 3.8) is 0 Å². The third-order valence-corrected chi connectivity index (χ3v) is 6.45. The number of hydrogen-bond donors (Lipinski definition) is 0. The van der Waals surface area contributed by atoms with E-state index < -0.39 is 0 Å². The highest BCUT2D eigenvalue weighted by atomic mass is 35.5. The molecule has 4 rings (SSSR count). The number of allylic oxidation sites excluding steroid dienone is 2. The van der Waals surface area contributed by atoms with Crippen molar-refractivity contribution < 1.29 is 0 Å². The number of rotatable bonds is 2. The monoisotopic (exact) mass is 377 g/mol.